The van der Waals surface area contributed by atoms with Gasteiger partial charge >= 0.3 is 289 Å². The zero-order chi connectivity index (χ0) is 32.7. The quantitative estimate of drug-likeness (QED) is 0.121. The number of allylic oxidation sites excluding steroid dienone is 4. The van der Waals surface area contributed by atoms with Crippen LogP contribution in [0.3, 0.4) is 0 Å². The number of hydrogen-bond donors (Lipinski definition) is 0. The molecule has 0 radical (unpaired) electrons. The Morgan fingerprint density at radius 1 is 0.620 bits per heavy atom. The van der Waals surface area contributed by atoms with Crippen molar-refractivity contribution in [1.29, 1.82) is 0 Å². The van der Waals surface area contributed by atoms with Crippen LogP contribution in [0.25, 0.3) is 32.7 Å². The van der Waals surface area contributed by atoms with E-state index < -0.39 is 18.3 Å². The van der Waals surface area contributed by atoms with Crippen LogP contribution in [-0.4, -0.2) is 4.21 Å². The van der Waals surface area contributed by atoms with E-state index in [0.29, 0.717) is 0 Å². The first kappa shape index (κ1) is 36.4. The van der Waals surface area contributed by atoms with Crippen molar-refractivity contribution < 1.29 is 18.3 Å². The van der Waals surface area contributed by atoms with Crippen LogP contribution in [-0.2, 0) is 37.6 Å². The van der Waals surface area contributed by atoms with Crippen LogP contribution in [0.15, 0.2) is 137 Å². The topological polar surface area (TPSA) is 0 Å². The molecule has 0 saturated heterocycles. The van der Waals surface area contributed by atoms with Gasteiger partial charge in [0.05, 0.1) is 0 Å². The van der Waals surface area contributed by atoms with Crippen LogP contribution < -0.4 is 9.81 Å². The zero-order valence-electron chi connectivity index (χ0n) is 29.4. The van der Waals surface area contributed by atoms with Gasteiger partial charge in [0.2, 0.25) is 0 Å². The average molecular weight is 775 g/mol. The summed E-state index contributed by atoms with van der Waals surface area (Å²) in [6, 6.07) is 45.0. The predicted molar refractivity (Wildman–Crippen MR) is 222 cm³/mol. The number of halogens is 2. The predicted octanol–water partition coefficient (Wildman–Crippen LogP) is 11.3. The summed E-state index contributed by atoms with van der Waals surface area (Å²) in [5, 5.41) is 5.52. The molecule has 0 unspecified atom stereocenters. The molecule has 6 aromatic rings. The fraction of sp³-hybridized carbons (Fsp3) is 0.213. The first-order valence-corrected chi connectivity index (χ1v) is 24.8. The van der Waals surface area contributed by atoms with E-state index in [-0.39, 0.29) is 24.8 Å². The van der Waals surface area contributed by atoms with E-state index in [2.05, 4.69) is 147 Å². The van der Waals surface area contributed by atoms with Crippen molar-refractivity contribution in [3.63, 3.8) is 0 Å². The molecule has 0 spiro atoms. The van der Waals surface area contributed by atoms with Crippen molar-refractivity contribution in [1.82, 2.24) is 0 Å². The van der Waals surface area contributed by atoms with Crippen molar-refractivity contribution in [2.75, 3.05) is 0 Å². The molecule has 0 atom stereocenters. The molecule has 0 fully saturated rings. The van der Waals surface area contributed by atoms with Gasteiger partial charge in [-0.25, -0.2) is 0 Å². The van der Waals surface area contributed by atoms with E-state index in [9.17, 15) is 0 Å². The molecule has 6 aromatic carbocycles. The number of unbranched alkanes of at least 4 members (excludes halogenated alkanes) is 2. The second-order valence-corrected chi connectivity index (χ2v) is 27.2. The molecule has 2 aliphatic rings. The first-order chi connectivity index (χ1) is 23.6. The van der Waals surface area contributed by atoms with Crippen LogP contribution in [0.5, 0.6) is 0 Å². The third kappa shape index (κ3) is 5.57. The molecular weight excluding hydrogens is 727 g/mol. The van der Waals surface area contributed by atoms with Gasteiger partial charge in [0, 0.05) is 0 Å². The van der Waals surface area contributed by atoms with Crippen LogP contribution in [0.4, 0.5) is 0 Å². The Labute approximate surface area is 311 Å². The number of benzene rings is 6. The molecule has 50 heavy (non-hydrogen) atoms. The van der Waals surface area contributed by atoms with Crippen molar-refractivity contribution in [2.45, 2.75) is 65.2 Å². The number of aryl methyl sites for hydroxylation is 2. The molecule has 3 heteroatoms. The minimum atomic E-state index is -4.86. The molecule has 0 nitrogen and oxygen atoms in total. The summed E-state index contributed by atoms with van der Waals surface area (Å²) in [6.45, 7) is 4.57. The monoisotopic (exact) mass is 772 g/mol. The summed E-state index contributed by atoms with van der Waals surface area (Å²) in [5.41, 5.74) is 8.59. The fourth-order valence-electron chi connectivity index (χ4n) is 9.10. The van der Waals surface area contributed by atoms with Crippen LogP contribution in [0.2, 0.25) is 0 Å². The number of fused-ring (bicyclic) bond motifs is 8. The molecule has 0 aliphatic heterocycles. The van der Waals surface area contributed by atoms with Gasteiger partial charge < -0.3 is 0 Å². The molecule has 0 saturated carbocycles. The van der Waals surface area contributed by atoms with Gasteiger partial charge in [-0.15, -0.1) is 24.8 Å². The molecule has 0 heterocycles. The molecule has 0 amide bonds. The van der Waals surface area contributed by atoms with Gasteiger partial charge in [-0.3, -0.25) is 0 Å². The van der Waals surface area contributed by atoms with Gasteiger partial charge in [-0.05, 0) is 0 Å². The average Bonchev–Trinajstić information content (AvgIpc) is 3.83. The Morgan fingerprint density at radius 3 is 1.80 bits per heavy atom. The Hall–Kier alpha value is -3.35. The normalized spacial score (nSPS) is 13.5. The molecule has 0 bridgehead atoms. The van der Waals surface area contributed by atoms with E-state index in [1.807, 2.05) is 0 Å². The summed E-state index contributed by atoms with van der Waals surface area (Å²) in [5.74, 6) is 0. The van der Waals surface area contributed by atoms with Crippen molar-refractivity contribution >= 4 is 60.4 Å². The Morgan fingerprint density at radius 2 is 1.20 bits per heavy atom. The van der Waals surface area contributed by atoms with E-state index in [1.165, 1.54) is 93.7 Å². The van der Waals surface area contributed by atoms with Crippen molar-refractivity contribution in [2.24, 2.45) is 0 Å². The van der Waals surface area contributed by atoms with Gasteiger partial charge in [0.15, 0.2) is 0 Å². The molecule has 0 N–H and O–H groups in total. The number of rotatable bonds is 10. The third-order valence-corrected chi connectivity index (χ3v) is 27.9. The molecule has 8 rings (SSSR count). The Balaban J connectivity index is 0.00000216. The fourth-order valence-corrected chi connectivity index (χ4v) is 24.3. The van der Waals surface area contributed by atoms with Crippen LogP contribution in [0.1, 0.15) is 68.2 Å². The molecule has 2 aliphatic carbocycles. The minimum absolute atomic E-state index is 0. The maximum atomic E-state index is 5.78. The zero-order valence-corrected chi connectivity index (χ0v) is 33.5. The van der Waals surface area contributed by atoms with Crippen molar-refractivity contribution in [3.05, 3.63) is 159 Å². The van der Waals surface area contributed by atoms with E-state index in [0.717, 1.165) is 25.7 Å². The van der Waals surface area contributed by atoms with E-state index in [4.69, 9.17) is 4.21 Å². The van der Waals surface area contributed by atoms with Gasteiger partial charge in [-0.1, -0.05) is 0 Å². The SMILES string of the molecule is Cl.Cl.[CH2]=[Zr]([C]1=CC=CC1)([c]1ccc(CCCC)cc1)([c]1ccc(CCCC)cc1)[c]1cccc2c1c1c(c3ccccc32)-c2ccccc2C1. The van der Waals surface area contributed by atoms with Crippen LogP contribution >= 0.6 is 24.8 Å². The second kappa shape index (κ2) is 14.7. The number of hydrogen-bond acceptors (Lipinski definition) is 0. The Kier molecular flexibility index (Phi) is 10.7. The van der Waals surface area contributed by atoms with Crippen LogP contribution in [0, 0.1) is 0 Å². The molecule has 254 valence electrons. The van der Waals surface area contributed by atoms with Gasteiger partial charge in [0.1, 0.15) is 0 Å². The first-order valence-electron chi connectivity index (χ1n) is 18.2. The second-order valence-electron chi connectivity index (χ2n) is 14.3. The summed E-state index contributed by atoms with van der Waals surface area (Å²) in [6.07, 6.45) is 16.1. The summed E-state index contributed by atoms with van der Waals surface area (Å²) in [4.78, 5) is 0. The molecule has 0 aromatic heterocycles. The third-order valence-electron chi connectivity index (χ3n) is 11.7. The van der Waals surface area contributed by atoms with Gasteiger partial charge in [-0.2, -0.15) is 0 Å². The van der Waals surface area contributed by atoms with Gasteiger partial charge in [0.25, 0.3) is 0 Å². The standard InChI is InChI=1S/C21H13.2C10H13.C5H5.CH2.2ClH.Zr/c1-2-8-15-14(7-1)13-20-18-11-4-3-9-16(18)17-10-5-6-12-19(17)21(15)20;2*1-2-3-7-10-8-5-4-6-9-10;1-2-4-5-3-1;;;;/h1-10,12H,13H2;2*5-6,8-9H,2-3,7H2,1H3;1-3H,4H2;1H2;2*1H;. The Bertz CT molecular complexity index is 2250. The van der Waals surface area contributed by atoms with Crippen molar-refractivity contribution in [3.8, 4) is 11.1 Å². The summed E-state index contributed by atoms with van der Waals surface area (Å²) < 4.78 is 11.7. The van der Waals surface area contributed by atoms with E-state index >= 15 is 0 Å². The maximum absolute atomic E-state index is 5.78. The summed E-state index contributed by atoms with van der Waals surface area (Å²) in [7, 11) is 0. The molecular formula is C47H48Cl2Zr. The van der Waals surface area contributed by atoms with E-state index in [1.54, 1.807) is 0 Å². The summed E-state index contributed by atoms with van der Waals surface area (Å²) >= 11 is -4.86.